The molecule has 0 saturated heterocycles. The summed E-state index contributed by atoms with van der Waals surface area (Å²) in [7, 11) is 1.30. The van der Waals surface area contributed by atoms with E-state index in [1.165, 1.54) is 32.2 Å². The summed E-state index contributed by atoms with van der Waals surface area (Å²) in [4.78, 5) is 34.6. The number of hydrogen-bond donors (Lipinski definition) is 3. The highest BCUT2D eigenvalue weighted by Crippen LogP contribution is 2.05. The molecule has 0 bridgehead atoms. The van der Waals surface area contributed by atoms with Crippen LogP contribution in [0.15, 0.2) is 24.3 Å². The number of carbonyl (C=O) groups excluding carboxylic acids is 2. The largest absolute Gasteiger partial charge is 0.479 e. The van der Waals surface area contributed by atoms with Crippen molar-refractivity contribution in [2.45, 2.75) is 12.5 Å². The highest BCUT2D eigenvalue weighted by molar-refractivity contribution is 5.97. The van der Waals surface area contributed by atoms with Gasteiger partial charge < -0.3 is 20.5 Å². The van der Waals surface area contributed by atoms with Gasteiger partial charge in [0.1, 0.15) is 5.82 Å². The second-order valence-electron chi connectivity index (χ2n) is 4.81. The second-order valence-corrected chi connectivity index (χ2v) is 4.81. The molecule has 1 unspecified atom stereocenters. The van der Waals surface area contributed by atoms with E-state index in [4.69, 9.17) is 9.84 Å². The predicted molar refractivity (Wildman–Crippen MR) is 74.8 cm³/mol. The molecule has 120 valence electrons. The number of carboxylic acid groups (broad SMARTS) is 1. The molecule has 0 aliphatic heterocycles. The van der Waals surface area contributed by atoms with Gasteiger partial charge in [0.15, 0.2) is 5.54 Å². The maximum atomic E-state index is 13.0. The number of nitrogens with one attached hydrogen (secondary N) is 2. The minimum absolute atomic E-state index is 0.0608. The fraction of sp³-hybridized carbons (Fsp3) is 0.357. The Morgan fingerprint density at radius 1 is 1.36 bits per heavy atom. The van der Waals surface area contributed by atoms with E-state index < -0.39 is 35.7 Å². The zero-order valence-electron chi connectivity index (χ0n) is 12.2. The first-order chi connectivity index (χ1) is 10.3. The van der Waals surface area contributed by atoms with E-state index >= 15 is 0 Å². The topological polar surface area (TPSA) is 105 Å². The Labute approximate surface area is 126 Å². The monoisotopic (exact) mass is 312 g/mol. The average molecular weight is 312 g/mol. The number of carboxylic acids is 1. The average Bonchev–Trinajstić information content (AvgIpc) is 2.44. The van der Waals surface area contributed by atoms with Crippen LogP contribution in [0, 0.1) is 5.82 Å². The van der Waals surface area contributed by atoms with Crippen molar-refractivity contribution in [3.05, 3.63) is 35.6 Å². The summed E-state index contributed by atoms with van der Waals surface area (Å²) < 4.78 is 17.7. The molecule has 0 aromatic heterocycles. The van der Waals surface area contributed by atoms with Crippen LogP contribution in [0.2, 0.25) is 0 Å². The van der Waals surface area contributed by atoms with E-state index in [1.807, 2.05) is 0 Å². The highest BCUT2D eigenvalue weighted by Gasteiger charge is 2.34. The Morgan fingerprint density at radius 2 is 2.05 bits per heavy atom. The van der Waals surface area contributed by atoms with Crippen LogP contribution in [0.3, 0.4) is 0 Å². The van der Waals surface area contributed by atoms with Gasteiger partial charge in [0, 0.05) is 12.7 Å². The van der Waals surface area contributed by atoms with Crippen molar-refractivity contribution < 1.29 is 28.6 Å². The molecule has 2 amide bonds. The zero-order chi connectivity index (χ0) is 16.8. The Hall–Kier alpha value is -2.48. The molecular formula is C14H17FN2O5. The Kier molecular flexibility index (Phi) is 6.00. The van der Waals surface area contributed by atoms with Crippen molar-refractivity contribution in [1.82, 2.24) is 10.6 Å². The van der Waals surface area contributed by atoms with Gasteiger partial charge in [0.25, 0.3) is 5.91 Å². The molecule has 22 heavy (non-hydrogen) atoms. The highest BCUT2D eigenvalue weighted by atomic mass is 19.1. The second kappa shape index (κ2) is 7.51. The van der Waals surface area contributed by atoms with Gasteiger partial charge >= 0.3 is 5.97 Å². The molecule has 8 heteroatoms. The van der Waals surface area contributed by atoms with E-state index in [1.54, 1.807) is 0 Å². The van der Waals surface area contributed by atoms with E-state index in [2.05, 4.69) is 10.6 Å². The minimum atomic E-state index is -1.60. The summed E-state index contributed by atoms with van der Waals surface area (Å²) in [5.41, 5.74) is -1.54. The van der Waals surface area contributed by atoms with Crippen molar-refractivity contribution in [2.75, 3.05) is 20.3 Å². The van der Waals surface area contributed by atoms with Gasteiger partial charge in [0.2, 0.25) is 5.91 Å². The summed E-state index contributed by atoms with van der Waals surface area (Å²) >= 11 is 0. The molecule has 1 rings (SSSR count). The third-order valence-electron chi connectivity index (χ3n) is 2.82. The molecule has 7 nitrogen and oxygen atoms in total. The maximum absolute atomic E-state index is 13.0. The normalized spacial score (nSPS) is 13.0. The number of aliphatic carboxylic acids is 1. The van der Waals surface area contributed by atoms with Gasteiger partial charge in [-0.15, -0.1) is 0 Å². The Balaban J connectivity index is 2.59. The third-order valence-corrected chi connectivity index (χ3v) is 2.82. The smallest absolute Gasteiger partial charge is 0.331 e. The quantitative estimate of drug-likeness (QED) is 0.665. The van der Waals surface area contributed by atoms with Crippen molar-refractivity contribution in [1.29, 1.82) is 0 Å². The molecule has 0 aliphatic carbocycles. The molecule has 3 N–H and O–H groups in total. The van der Waals surface area contributed by atoms with Gasteiger partial charge in [-0.3, -0.25) is 9.59 Å². The summed E-state index contributed by atoms with van der Waals surface area (Å²) in [5, 5.41) is 13.6. The molecule has 1 aromatic rings. The number of carbonyl (C=O) groups is 3. The van der Waals surface area contributed by atoms with Crippen LogP contribution in [0.1, 0.15) is 17.3 Å². The molecule has 1 aromatic carbocycles. The predicted octanol–water partition coefficient (Wildman–Crippen LogP) is 0.161. The summed E-state index contributed by atoms with van der Waals surface area (Å²) in [6.45, 7) is 0.610. The molecule has 0 saturated carbocycles. The minimum Gasteiger partial charge on any atom is -0.479 e. The van der Waals surface area contributed by atoms with Crippen LogP contribution in [0.5, 0.6) is 0 Å². The Bertz CT molecular complexity index is 578. The zero-order valence-corrected chi connectivity index (χ0v) is 12.2. The maximum Gasteiger partial charge on any atom is 0.331 e. The van der Waals surface area contributed by atoms with Gasteiger partial charge in [0.05, 0.1) is 13.2 Å². The molecule has 0 heterocycles. The SMILES string of the molecule is COCC(C)(NC(=O)CNC(=O)c1cccc(F)c1)C(=O)O. The third kappa shape index (κ3) is 4.81. The molecule has 0 spiro atoms. The number of rotatable bonds is 7. The molecular weight excluding hydrogens is 295 g/mol. The van der Waals surface area contributed by atoms with E-state index in [-0.39, 0.29) is 12.2 Å². The first-order valence-electron chi connectivity index (χ1n) is 6.35. The van der Waals surface area contributed by atoms with Crippen LogP contribution in [-0.4, -0.2) is 48.7 Å². The van der Waals surface area contributed by atoms with Crippen molar-refractivity contribution in [3.63, 3.8) is 0 Å². The van der Waals surface area contributed by atoms with Crippen LogP contribution >= 0.6 is 0 Å². The fourth-order valence-corrected chi connectivity index (χ4v) is 1.68. The van der Waals surface area contributed by atoms with Gasteiger partial charge in [-0.2, -0.15) is 0 Å². The summed E-state index contributed by atoms with van der Waals surface area (Å²) in [5.74, 6) is -3.18. The van der Waals surface area contributed by atoms with E-state index in [0.29, 0.717) is 0 Å². The van der Waals surface area contributed by atoms with Crippen LogP contribution < -0.4 is 10.6 Å². The van der Waals surface area contributed by atoms with Gasteiger partial charge in [-0.1, -0.05) is 6.07 Å². The number of halogens is 1. The van der Waals surface area contributed by atoms with Crippen molar-refractivity contribution in [3.8, 4) is 0 Å². The van der Waals surface area contributed by atoms with Crippen LogP contribution in [0.25, 0.3) is 0 Å². The lowest BCUT2D eigenvalue weighted by molar-refractivity contribution is -0.149. The van der Waals surface area contributed by atoms with Gasteiger partial charge in [-0.25, -0.2) is 9.18 Å². The number of hydrogen-bond acceptors (Lipinski definition) is 4. The lowest BCUT2D eigenvalue weighted by atomic mass is 10.0. The number of methoxy groups -OCH3 is 1. The standard InChI is InChI=1S/C14H17FN2O5/c1-14(8-22-2,13(20)21)17-11(18)7-16-12(19)9-4-3-5-10(15)6-9/h3-6H,7-8H2,1-2H3,(H,16,19)(H,17,18)(H,20,21). The lowest BCUT2D eigenvalue weighted by Gasteiger charge is -2.25. The summed E-state index contributed by atoms with van der Waals surface area (Å²) in [6, 6.07) is 4.97. The van der Waals surface area contributed by atoms with Gasteiger partial charge in [-0.05, 0) is 25.1 Å². The molecule has 0 radical (unpaired) electrons. The molecule has 0 aliphatic rings. The van der Waals surface area contributed by atoms with Crippen molar-refractivity contribution in [2.24, 2.45) is 0 Å². The first kappa shape index (κ1) is 17.6. The molecule has 0 fully saturated rings. The number of amides is 2. The summed E-state index contributed by atoms with van der Waals surface area (Å²) in [6.07, 6.45) is 0. The number of ether oxygens (including phenoxy) is 1. The Morgan fingerprint density at radius 3 is 2.59 bits per heavy atom. The first-order valence-corrected chi connectivity index (χ1v) is 6.35. The number of benzene rings is 1. The van der Waals surface area contributed by atoms with Crippen molar-refractivity contribution >= 4 is 17.8 Å². The van der Waals surface area contributed by atoms with E-state index in [9.17, 15) is 18.8 Å². The van der Waals surface area contributed by atoms with Crippen LogP contribution in [0.4, 0.5) is 4.39 Å². The lowest BCUT2D eigenvalue weighted by Crippen LogP contribution is -2.57. The van der Waals surface area contributed by atoms with E-state index in [0.717, 1.165) is 6.07 Å². The molecule has 1 atom stereocenters. The van der Waals surface area contributed by atoms with Crippen LogP contribution in [-0.2, 0) is 14.3 Å². The fourth-order valence-electron chi connectivity index (χ4n) is 1.68.